The summed E-state index contributed by atoms with van der Waals surface area (Å²) in [5.41, 5.74) is 1.26. The third-order valence-electron chi connectivity index (χ3n) is 2.03. The van der Waals surface area contributed by atoms with Crippen LogP contribution in [0.25, 0.3) is 0 Å². The second kappa shape index (κ2) is 5.20. The van der Waals surface area contributed by atoms with Gasteiger partial charge in [0.25, 0.3) is 5.91 Å². The van der Waals surface area contributed by atoms with Gasteiger partial charge in [-0.3, -0.25) is 4.79 Å². The van der Waals surface area contributed by atoms with Crippen molar-refractivity contribution in [1.29, 1.82) is 0 Å². The predicted molar refractivity (Wildman–Crippen MR) is 60.0 cm³/mol. The van der Waals surface area contributed by atoms with Gasteiger partial charge >= 0.3 is 0 Å². The highest BCUT2D eigenvalue weighted by molar-refractivity contribution is 5.96. The molecule has 0 spiro atoms. The molecule has 0 saturated carbocycles. The Balaban J connectivity index is 2.72. The van der Waals surface area contributed by atoms with E-state index in [1.807, 2.05) is 6.92 Å². The summed E-state index contributed by atoms with van der Waals surface area (Å²) >= 11 is 0. The number of phenols is 1. The molecule has 3 heteroatoms. The van der Waals surface area contributed by atoms with E-state index in [-0.39, 0.29) is 11.7 Å². The first-order valence-electron chi connectivity index (χ1n) is 4.84. The van der Waals surface area contributed by atoms with E-state index in [0.29, 0.717) is 12.1 Å². The van der Waals surface area contributed by atoms with Gasteiger partial charge in [0.05, 0.1) is 5.56 Å². The van der Waals surface area contributed by atoms with Crippen LogP contribution in [0.4, 0.5) is 0 Å². The lowest BCUT2D eigenvalue weighted by atomic mass is 10.1. The molecule has 15 heavy (non-hydrogen) atoms. The summed E-state index contributed by atoms with van der Waals surface area (Å²) in [7, 11) is 0. The summed E-state index contributed by atoms with van der Waals surface area (Å²) in [6.45, 7) is 5.97. The van der Waals surface area contributed by atoms with Gasteiger partial charge in [-0.25, -0.2) is 0 Å². The van der Waals surface area contributed by atoms with E-state index in [4.69, 9.17) is 0 Å². The number of phenolic OH excluding ortho intramolecular Hbond substituents is 1. The molecule has 0 radical (unpaired) electrons. The lowest BCUT2D eigenvalue weighted by Gasteiger charge is -2.06. The van der Waals surface area contributed by atoms with Crippen molar-refractivity contribution in [1.82, 2.24) is 5.32 Å². The van der Waals surface area contributed by atoms with E-state index in [1.165, 1.54) is 6.07 Å². The average molecular weight is 205 g/mol. The van der Waals surface area contributed by atoms with Crippen LogP contribution >= 0.6 is 0 Å². The number of benzene rings is 1. The summed E-state index contributed by atoms with van der Waals surface area (Å²) in [5.74, 6) is -0.241. The quantitative estimate of drug-likeness (QED) is 0.583. The molecule has 1 aromatic carbocycles. The van der Waals surface area contributed by atoms with Crippen molar-refractivity contribution in [3.8, 4) is 5.75 Å². The van der Waals surface area contributed by atoms with Gasteiger partial charge in [0.15, 0.2) is 0 Å². The van der Waals surface area contributed by atoms with Crippen LogP contribution in [0.2, 0.25) is 0 Å². The van der Waals surface area contributed by atoms with E-state index < -0.39 is 0 Å². The van der Waals surface area contributed by atoms with Crippen LogP contribution in [0.5, 0.6) is 5.75 Å². The highest BCUT2D eigenvalue weighted by atomic mass is 16.3. The summed E-state index contributed by atoms with van der Waals surface area (Å²) < 4.78 is 0. The van der Waals surface area contributed by atoms with Crippen LogP contribution in [0.15, 0.2) is 30.9 Å². The van der Waals surface area contributed by atoms with E-state index in [0.717, 1.165) is 12.0 Å². The molecule has 0 aromatic heterocycles. The van der Waals surface area contributed by atoms with E-state index in [2.05, 4.69) is 11.9 Å². The van der Waals surface area contributed by atoms with E-state index in [9.17, 15) is 9.90 Å². The maximum absolute atomic E-state index is 11.6. The molecular formula is C12H15NO2. The Morgan fingerprint density at radius 3 is 3.00 bits per heavy atom. The fourth-order valence-corrected chi connectivity index (χ4v) is 1.21. The first-order valence-corrected chi connectivity index (χ1v) is 4.84. The van der Waals surface area contributed by atoms with Gasteiger partial charge in [-0.2, -0.15) is 0 Å². The van der Waals surface area contributed by atoms with Gasteiger partial charge in [0, 0.05) is 6.54 Å². The molecule has 0 saturated heterocycles. The Hall–Kier alpha value is -1.77. The zero-order chi connectivity index (χ0) is 11.3. The third-order valence-corrected chi connectivity index (χ3v) is 2.03. The molecule has 0 aliphatic carbocycles. The van der Waals surface area contributed by atoms with Crippen molar-refractivity contribution in [2.75, 3.05) is 6.54 Å². The predicted octanol–water partition coefficient (Wildman–Crippen LogP) is 2.01. The van der Waals surface area contributed by atoms with Gasteiger partial charge in [-0.05, 0) is 25.5 Å². The average Bonchev–Trinajstić information content (AvgIpc) is 2.22. The summed E-state index contributed by atoms with van der Waals surface area (Å²) in [6, 6.07) is 4.95. The zero-order valence-corrected chi connectivity index (χ0v) is 8.79. The highest BCUT2D eigenvalue weighted by Crippen LogP contribution is 2.17. The molecule has 80 valence electrons. The first-order chi connectivity index (χ1) is 7.15. The van der Waals surface area contributed by atoms with Crippen LogP contribution < -0.4 is 5.32 Å². The minimum Gasteiger partial charge on any atom is -0.507 e. The molecule has 0 heterocycles. The molecule has 0 unspecified atom stereocenters. The molecule has 0 aliphatic heterocycles. The fraction of sp³-hybridized carbons (Fsp3) is 0.250. The van der Waals surface area contributed by atoms with Gasteiger partial charge in [-0.15, -0.1) is 6.58 Å². The van der Waals surface area contributed by atoms with Crippen LogP contribution in [0.1, 0.15) is 22.3 Å². The molecule has 0 aliphatic rings. The Bertz CT molecular complexity index is 372. The second-order valence-electron chi connectivity index (χ2n) is 3.35. The number of aryl methyl sites for hydroxylation is 1. The topological polar surface area (TPSA) is 49.3 Å². The molecule has 1 rings (SSSR count). The van der Waals surface area contributed by atoms with Crippen molar-refractivity contribution >= 4 is 5.91 Å². The van der Waals surface area contributed by atoms with Gasteiger partial charge in [-0.1, -0.05) is 17.7 Å². The molecule has 0 atom stereocenters. The summed E-state index contributed by atoms with van der Waals surface area (Å²) in [6.07, 6.45) is 2.45. The van der Waals surface area contributed by atoms with Gasteiger partial charge in [0.2, 0.25) is 0 Å². The third kappa shape index (κ3) is 3.13. The zero-order valence-electron chi connectivity index (χ0n) is 8.79. The van der Waals surface area contributed by atoms with Crippen LogP contribution in [0.3, 0.4) is 0 Å². The Morgan fingerprint density at radius 1 is 1.60 bits per heavy atom. The van der Waals surface area contributed by atoms with Crippen LogP contribution in [0, 0.1) is 6.92 Å². The monoisotopic (exact) mass is 205 g/mol. The maximum atomic E-state index is 11.6. The molecule has 2 N–H and O–H groups in total. The molecule has 3 nitrogen and oxygen atoms in total. The number of carbonyl (C=O) groups is 1. The number of rotatable bonds is 4. The highest BCUT2D eigenvalue weighted by Gasteiger charge is 2.09. The van der Waals surface area contributed by atoms with Crippen molar-refractivity contribution in [2.45, 2.75) is 13.3 Å². The van der Waals surface area contributed by atoms with Crippen molar-refractivity contribution in [3.63, 3.8) is 0 Å². The minimum atomic E-state index is -0.252. The number of aromatic hydroxyl groups is 1. The van der Waals surface area contributed by atoms with Gasteiger partial charge < -0.3 is 10.4 Å². The van der Waals surface area contributed by atoms with Crippen LogP contribution in [-0.4, -0.2) is 17.6 Å². The standard InChI is InChI=1S/C12H15NO2/c1-3-4-7-13-12(15)10-8-9(2)5-6-11(10)14/h3,5-6,8,14H,1,4,7H2,2H3,(H,13,15). The van der Waals surface area contributed by atoms with E-state index in [1.54, 1.807) is 18.2 Å². The molecule has 1 aromatic rings. The second-order valence-corrected chi connectivity index (χ2v) is 3.35. The largest absolute Gasteiger partial charge is 0.507 e. The van der Waals surface area contributed by atoms with E-state index >= 15 is 0 Å². The number of amides is 1. The number of carbonyl (C=O) groups excluding carboxylic acids is 1. The Kier molecular flexibility index (Phi) is 3.92. The normalized spacial score (nSPS) is 9.67. The Labute approximate surface area is 89.4 Å². The first kappa shape index (κ1) is 11.3. The molecule has 1 amide bonds. The number of hydrogen-bond acceptors (Lipinski definition) is 2. The minimum absolute atomic E-state index is 0.0108. The SMILES string of the molecule is C=CCCNC(=O)c1cc(C)ccc1O. The Morgan fingerprint density at radius 2 is 2.33 bits per heavy atom. The fourth-order valence-electron chi connectivity index (χ4n) is 1.21. The maximum Gasteiger partial charge on any atom is 0.255 e. The van der Waals surface area contributed by atoms with Crippen molar-refractivity contribution in [3.05, 3.63) is 42.0 Å². The summed E-state index contributed by atoms with van der Waals surface area (Å²) in [4.78, 5) is 11.6. The molecule has 0 bridgehead atoms. The molecule has 0 fully saturated rings. The molecular weight excluding hydrogens is 190 g/mol. The summed E-state index contributed by atoms with van der Waals surface area (Å²) in [5, 5.41) is 12.2. The smallest absolute Gasteiger partial charge is 0.255 e. The van der Waals surface area contributed by atoms with Gasteiger partial charge in [0.1, 0.15) is 5.75 Å². The van der Waals surface area contributed by atoms with Crippen LogP contribution in [-0.2, 0) is 0 Å². The lowest BCUT2D eigenvalue weighted by Crippen LogP contribution is -2.24. The number of hydrogen-bond donors (Lipinski definition) is 2. The van der Waals surface area contributed by atoms with Crippen molar-refractivity contribution in [2.24, 2.45) is 0 Å². The lowest BCUT2D eigenvalue weighted by molar-refractivity contribution is 0.0951. The van der Waals surface area contributed by atoms with Crippen molar-refractivity contribution < 1.29 is 9.90 Å². The number of nitrogens with one attached hydrogen (secondary N) is 1.